The molecule has 1 aliphatic heterocycles. The third-order valence-corrected chi connectivity index (χ3v) is 3.80. The van der Waals surface area contributed by atoms with E-state index in [0.717, 1.165) is 31.2 Å². The second-order valence-electron chi connectivity index (χ2n) is 4.99. The van der Waals surface area contributed by atoms with Crippen molar-refractivity contribution in [1.29, 1.82) is 0 Å². The zero-order chi connectivity index (χ0) is 12.3. The van der Waals surface area contributed by atoms with Crippen LogP contribution in [0.25, 0.3) is 0 Å². The molecule has 1 aliphatic rings. The van der Waals surface area contributed by atoms with Crippen molar-refractivity contribution in [1.82, 2.24) is 5.32 Å². The number of anilines is 1. The van der Waals surface area contributed by atoms with Crippen molar-refractivity contribution in [3.05, 3.63) is 28.8 Å². The number of halogens is 1. The van der Waals surface area contributed by atoms with Gasteiger partial charge >= 0.3 is 0 Å². The molecule has 1 aromatic rings. The summed E-state index contributed by atoms with van der Waals surface area (Å²) in [5.74, 6) is 0.675. The van der Waals surface area contributed by atoms with Gasteiger partial charge in [-0.1, -0.05) is 24.6 Å². The van der Waals surface area contributed by atoms with Crippen LogP contribution in [0.4, 0.5) is 5.69 Å². The molecule has 3 heteroatoms. The molecule has 0 bridgehead atoms. The smallest absolute Gasteiger partial charge is 0.0455 e. The predicted octanol–water partition coefficient (Wildman–Crippen LogP) is 3.08. The SMILES string of the molecule is Cc1c(Cl)cccc1N1CCCNCC(C)C1. The van der Waals surface area contributed by atoms with Crippen LogP contribution in [-0.4, -0.2) is 26.2 Å². The fourth-order valence-corrected chi connectivity index (χ4v) is 2.60. The lowest BCUT2D eigenvalue weighted by atomic mass is 10.1. The van der Waals surface area contributed by atoms with Crippen LogP contribution < -0.4 is 10.2 Å². The van der Waals surface area contributed by atoms with Crippen LogP contribution in [0, 0.1) is 12.8 Å². The third-order valence-electron chi connectivity index (χ3n) is 3.39. The Bertz CT molecular complexity index is 378. The predicted molar refractivity (Wildman–Crippen MR) is 75.1 cm³/mol. The molecular formula is C14H21ClN2. The van der Waals surface area contributed by atoms with Crippen LogP contribution in [0.2, 0.25) is 5.02 Å². The Kier molecular flexibility index (Phi) is 4.30. The van der Waals surface area contributed by atoms with E-state index in [1.807, 2.05) is 12.1 Å². The van der Waals surface area contributed by atoms with Gasteiger partial charge < -0.3 is 10.2 Å². The van der Waals surface area contributed by atoms with Gasteiger partial charge in [-0.15, -0.1) is 0 Å². The first kappa shape index (κ1) is 12.7. The van der Waals surface area contributed by atoms with Crippen LogP contribution in [0.3, 0.4) is 0 Å². The van der Waals surface area contributed by atoms with Crippen LogP contribution in [0.1, 0.15) is 18.9 Å². The van der Waals surface area contributed by atoms with E-state index in [4.69, 9.17) is 11.6 Å². The van der Waals surface area contributed by atoms with E-state index in [9.17, 15) is 0 Å². The van der Waals surface area contributed by atoms with Crippen LogP contribution >= 0.6 is 11.6 Å². The van der Waals surface area contributed by atoms with Crippen LogP contribution in [0.15, 0.2) is 18.2 Å². The Morgan fingerprint density at radius 1 is 1.41 bits per heavy atom. The first-order chi connectivity index (χ1) is 8.18. The van der Waals surface area contributed by atoms with E-state index in [-0.39, 0.29) is 0 Å². The number of benzene rings is 1. The van der Waals surface area contributed by atoms with Crippen molar-refractivity contribution in [3.63, 3.8) is 0 Å². The summed E-state index contributed by atoms with van der Waals surface area (Å²) in [6.07, 6.45) is 1.19. The largest absolute Gasteiger partial charge is 0.371 e. The summed E-state index contributed by atoms with van der Waals surface area (Å²) in [5, 5.41) is 4.35. The van der Waals surface area contributed by atoms with Gasteiger partial charge in [0.05, 0.1) is 0 Å². The van der Waals surface area contributed by atoms with Crippen molar-refractivity contribution < 1.29 is 0 Å². The minimum absolute atomic E-state index is 0.675. The fourth-order valence-electron chi connectivity index (χ4n) is 2.43. The zero-order valence-electron chi connectivity index (χ0n) is 10.7. The van der Waals surface area contributed by atoms with Crippen molar-refractivity contribution in [3.8, 4) is 0 Å². The van der Waals surface area contributed by atoms with E-state index >= 15 is 0 Å². The summed E-state index contributed by atoms with van der Waals surface area (Å²) in [5.41, 5.74) is 2.50. The monoisotopic (exact) mass is 252 g/mol. The molecule has 1 unspecified atom stereocenters. The van der Waals surface area contributed by atoms with E-state index in [1.165, 1.54) is 17.7 Å². The maximum atomic E-state index is 6.20. The number of hydrogen-bond donors (Lipinski definition) is 1. The van der Waals surface area contributed by atoms with Crippen molar-refractivity contribution in [2.75, 3.05) is 31.1 Å². The third kappa shape index (κ3) is 3.14. The minimum Gasteiger partial charge on any atom is -0.371 e. The summed E-state index contributed by atoms with van der Waals surface area (Å²) in [6, 6.07) is 6.20. The maximum Gasteiger partial charge on any atom is 0.0455 e. The molecule has 0 saturated carbocycles. The van der Waals surface area contributed by atoms with Gasteiger partial charge in [0, 0.05) is 23.8 Å². The highest BCUT2D eigenvalue weighted by Crippen LogP contribution is 2.27. The normalized spacial score (nSPS) is 22.1. The lowest BCUT2D eigenvalue weighted by molar-refractivity contribution is 0.467. The average molecular weight is 253 g/mol. The number of nitrogens with zero attached hydrogens (tertiary/aromatic N) is 1. The maximum absolute atomic E-state index is 6.20. The quantitative estimate of drug-likeness (QED) is 0.826. The molecule has 1 N–H and O–H groups in total. The topological polar surface area (TPSA) is 15.3 Å². The van der Waals surface area contributed by atoms with Crippen LogP contribution in [0.5, 0.6) is 0 Å². The Balaban J connectivity index is 2.20. The van der Waals surface area contributed by atoms with Crippen LogP contribution in [-0.2, 0) is 0 Å². The number of nitrogens with one attached hydrogen (secondary N) is 1. The van der Waals surface area contributed by atoms with Gasteiger partial charge in [0.2, 0.25) is 0 Å². The van der Waals surface area contributed by atoms with Gasteiger partial charge in [-0.05, 0) is 50.0 Å². The molecular weight excluding hydrogens is 232 g/mol. The highest BCUT2D eigenvalue weighted by Gasteiger charge is 2.15. The molecule has 1 fully saturated rings. The molecule has 17 heavy (non-hydrogen) atoms. The molecule has 0 radical (unpaired) electrons. The zero-order valence-corrected chi connectivity index (χ0v) is 11.4. The molecule has 2 rings (SSSR count). The second kappa shape index (κ2) is 5.74. The molecule has 0 aromatic heterocycles. The molecule has 0 amide bonds. The highest BCUT2D eigenvalue weighted by atomic mass is 35.5. The van der Waals surface area contributed by atoms with Crippen molar-refractivity contribution in [2.45, 2.75) is 20.3 Å². The van der Waals surface area contributed by atoms with E-state index in [2.05, 4.69) is 30.1 Å². The fraction of sp³-hybridized carbons (Fsp3) is 0.571. The van der Waals surface area contributed by atoms with Gasteiger partial charge in [0.25, 0.3) is 0 Å². The van der Waals surface area contributed by atoms with Gasteiger partial charge in [0.15, 0.2) is 0 Å². The molecule has 1 aromatic carbocycles. The van der Waals surface area contributed by atoms with Gasteiger partial charge in [-0.3, -0.25) is 0 Å². The number of rotatable bonds is 1. The standard InChI is InChI=1S/C14H21ClN2/c1-11-9-16-7-4-8-17(10-11)14-6-3-5-13(15)12(14)2/h3,5-6,11,16H,4,7-10H2,1-2H3. The molecule has 1 heterocycles. The molecule has 94 valence electrons. The Morgan fingerprint density at radius 3 is 3.06 bits per heavy atom. The van der Waals surface area contributed by atoms with E-state index in [1.54, 1.807) is 0 Å². The van der Waals surface area contributed by atoms with E-state index < -0.39 is 0 Å². The number of hydrogen-bond acceptors (Lipinski definition) is 2. The first-order valence-electron chi connectivity index (χ1n) is 6.39. The first-order valence-corrected chi connectivity index (χ1v) is 6.77. The average Bonchev–Trinajstić information content (AvgIpc) is 2.27. The Morgan fingerprint density at radius 2 is 2.24 bits per heavy atom. The summed E-state index contributed by atoms with van der Waals surface area (Å²) in [6.45, 7) is 8.84. The van der Waals surface area contributed by atoms with Gasteiger partial charge in [-0.25, -0.2) is 0 Å². The minimum atomic E-state index is 0.675. The Hall–Kier alpha value is -0.730. The summed E-state index contributed by atoms with van der Waals surface area (Å²) >= 11 is 6.20. The molecule has 2 nitrogen and oxygen atoms in total. The van der Waals surface area contributed by atoms with Gasteiger partial charge in [-0.2, -0.15) is 0 Å². The second-order valence-corrected chi connectivity index (χ2v) is 5.40. The lowest BCUT2D eigenvalue weighted by Crippen LogP contribution is -2.39. The van der Waals surface area contributed by atoms with E-state index in [0.29, 0.717) is 5.92 Å². The highest BCUT2D eigenvalue weighted by molar-refractivity contribution is 6.31. The lowest BCUT2D eigenvalue weighted by Gasteiger charge is -2.32. The molecule has 1 atom stereocenters. The molecule has 0 spiro atoms. The summed E-state index contributed by atoms with van der Waals surface area (Å²) in [7, 11) is 0. The van der Waals surface area contributed by atoms with Crippen molar-refractivity contribution in [2.24, 2.45) is 5.92 Å². The molecule has 0 aliphatic carbocycles. The van der Waals surface area contributed by atoms with Crippen molar-refractivity contribution >= 4 is 17.3 Å². The summed E-state index contributed by atoms with van der Waals surface area (Å²) < 4.78 is 0. The van der Waals surface area contributed by atoms with Gasteiger partial charge in [0.1, 0.15) is 0 Å². The molecule has 1 saturated heterocycles. The summed E-state index contributed by atoms with van der Waals surface area (Å²) in [4.78, 5) is 2.48. The Labute approximate surface area is 109 Å².